The van der Waals surface area contributed by atoms with Crippen LogP contribution in [0.4, 0.5) is 0 Å². The maximum absolute atomic E-state index is 11.2. The molecule has 3 aliphatic heterocycles. The lowest BCUT2D eigenvalue weighted by Crippen LogP contribution is -2.55. The second kappa shape index (κ2) is 14.1. The number of ether oxygens (including phenoxy) is 2. The first-order valence-corrected chi connectivity index (χ1v) is 18.9. The molecule has 5 nitrogen and oxygen atoms in total. The summed E-state index contributed by atoms with van der Waals surface area (Å²) in [4.78, 5) is 6.94. The summed E-state index contributed by atoms with van der Waals surface area (Å²) in [5, 5.41) is 21.7. The molecule has 3 aliphatic rings. The number of aliphatic hydroxyl groups is 1. The Labute approximate surface area is 310 Å². The van der Waals surface area contributed by atoms with E-state index in [1.54, 1.807) is 13.3 Å². The minimum absolute atomic E-state index is 0.225. The summed E-state index contributed by atoms with van der Waals surface area (Å²) in [6, 6.07) is 46.3. The van der Waals surface area contributed by atoms with Gasteiger partial charge in [-0.2, -0.15) is 0 Å². The SMILES string of the molecule is CC[C@@H]1CN2CCC1C[C@@H]2[C@@H](O)c1ccnc2ccc(OC)cc12.c1ccc2c(c1)cc(Oc1cc3ccccc3c3ccccc13)c1ccccc12. The second-order valence-electron chi connectivity index (χ2n) is 14.6. The molecular formula is C48H44N2O3. The predicted octanol–water partition coefficient (Wildman–Crippen LogP) is 11.5. The molecule has 264 valence electrons. The van der Waals surface area contributed by atoms with Crippen LogP contribution in [0.3, 0.4) is 0 Å². The van der Waals surface area contributed by atoms with Crippen LogP contribution in [0.1, 0.15) is 37.9 Å². The summed E-state index contributed by atoms with van der Waals surface area (Å²) >= 11 is 0. The first-order chi connectivity index (χ1) is 26.1. The number of hydrogen-bond donors (Lipinski definition) is 1. The van der Waals surface area contributed by atoms with E-state index in [2.05, 4.69) is 126 Å². The topological polar surface area (TPSA) is 54.8 Å². The molecule has 5 heteroatoms. The largest absolute Gasteiger partial charge is 0.497 e. The average Bonchev–Trinajstić information content (AvgIpc) is 3.23. The fourth-order valence-electron chi connectivity index (χ4n) is 9.04. The van der Waals surface area contributed by atoms with Gasteiger partial charge in [-0.05, 0) is 106 Å². The van der Waals surface area contributed by atoms with Gasteiger partial charge in [-0.15, -0.1) is 0 Å². The summed E-state index contributed by atoms with van der Waals surface area (Å²) in [5.41, 5.74) is 1.89. The second-order valence-corrected chi connectivity index (χ2v) is 14.6. The normalized spacial score (nSPS) is 20.1. The average molecular weight is 697 g/mol. The Hall–Kier alpha value is -5.49. The molecule has 8 aromatic rings. The number of aromatic nitrogens is 1. The molecular weight excluding hydrogens is 653 g/mol. The number of aliphatic hydroxyl groups excluding tert-OH is 1. The maximum Gasteiger partial charge on any atom is 0.135 e. The standard InChI is InChI=1S/C28H18O.C20H26N2O2/c1-3-11-21-19(9-1)17-27(25-15-7-5-13-23(21)25)29-28-18-20-10-2-4-12-22(20)24-14-6-8-16-26(24)28;1-3-13-12-22-9-7-14(13)10-19(22)20(23)16-6-8-21-18-5-4-15(24-2)11-17(16)18/h1-18H;4-6,8,11,13-14,19-20,23H,3,7,9-10,12H2,1-2H3/t;13-,14?,19-,20+/m.1/s1. The molecule has 2 unspecified atom stereocenters. The highest BCUT2D eigenvalue weighted by Crippen LogP contribution is 2.43. The van der Waals surface area contributed by atoms with E-state index < -0.39 is 6.10 Å². The van der Waals surface area contributed by atoms with Crippen molar-refractivity contribution in [1.29, 1.82) is 0 Å². The number of methoxy groups -OCH3 is 1. The number of piperidine rings is 3. The molecule has 0 aliphatic carbocycles. The number of hydrogen-bond acceptors (Lipinski definition) is 5. The van der Waals surface area contributed by atoms with Crippen LogP contribution < -0.4 is 9.47 Å². The molecule has 11 rings (SSSR count). The minimum atomic E-state index is -0.469. The van der Waals surface area contributed by atoms with Crippen LogP contribution in [-0.2, 0) is 0 Å². The zero-order chi connectivity index (χ0) is 35.9. The van der Waals surface area contributed by atoms with Gasteiger partial charge in [0.1, 0.15) is 17.2 Å². The van der Waals surface area contributed by atoms with Crippen LogP contribution in [0, 0.1) is 11.8 Å². The lowest BCUT2D eigenvalue weighted by Gasteiger charge is -2.51. The lowest BCUT2D eigenvalue weighted by atomic mass is 9.72. The van der Waals surface area contributed by atoms with Crippen LogP contribution in [-0.4, -0.2) is 41.2 Å². The Bertz CT molecular complexity index is 2480. The number of benzene rings is 7. The molecule has 3 fully saturated rings. The molecule has 2 bridgehead atoms. The van der Waals surface area contributed by atoms with Crippen LogP contribution in [0.25, 0.3) is 54.0 Å². The van der Waals surface area contributed by atoms with Gasteiger partial charge in [0.25, 0.3) is 0 Å². The van der Waals surface area contributed by atoms with Crippen molar-refractivity contribution in [3.05, 3.63) is 145 Å². The first kappa shape index (κ1) is 33.4. The molecule has 0 amide bonds. The highest BCUT2D eigenvalue weighted by Gasteiger charge is 2.42. The van der Waals surface area contributed by atoms with Gasteiger partial charge < -0.3 is 14.6 Å². The molecule has 4 heterocycles. The monoisotopic (exact) mass is 696 g/mol. The highest BCUT2D eigenvalue weighted by molar-refractivity contribution is 6.12. The van der Waals surface area contributed by atoms with Crippen molar-refractivity contribution in [2.24, 2.45) is 11.8 Å². The van der Waals surface area contributed by atoms with Gasteiger partial charge >= 0.3 is 0 Å². The summed E-state index contributed by atoms with van der Waals surface area (Å²) in [7, 11) is 1.67. The lowest BCUT2D eigenvalue weighted by molar-refractivity contribution is -0.0562. The van der Waals surface area contributed by atoms with Crippen molar-refractivity contribution in [3.63, 3.8) is 0 Å². The number of nitrogens with zero attached hydrogens (tertiary/aromatic N) is 2. The Kier molecular flexibility index (Phi) is 8.90. The van der Waals surface area contributed by atoms with Crippen LogP contribution in [0.2, 0.25) is 0 Å². The van der Waals surface area contributed by atoms with Crippen molar-refractivity contribution in [3.8, 4) is 17.2 Å². The minimum Gasteiger partial charge on any atom is -0.497 e. The first-order valence-electron chi connectivity index (χ1n) is 18.9. The van der Waals surface area contributed by atoms with E-state index in [4.69, 9.17) is 9.47 Å². The third-order valence-corrected chi connectivity index (χ3v) is 11.8. The van der Waals surface area contributed by atoms with Crippen LogP contribution in [0.5, 0.6) is 17.2 Å². The molecule has 1 aromatic heterocycles. The van der Waals surface area contributed by atoms with Gasteiger partial charge in [-0.25, -0.2) is 0 Å². The summed E-state index contributed by atoms with van der Waals surface area (Å²) in [6.07, 6.45) is 4.97. The summed E-state index contributed by atoms with van der Waals surface area (Å²) in [6.45, 7) is 4.55. The van der Waals surface area contributed by atoms with Gasteiger partial charge in [0.2, 0.25) is 0 Å². The van der Waals surface area contributed by atoms with E-state index in [1.165, 1.54) is 45.2 Å². The molecule has 0 spiro atoms. The van der Waals surface area contributed by atoms with E-state index in [0.717, 1.165) is 75.8 Å². The fourth-order valence-corrected chi connectivity index (χ4v) is 9.04. The van der Waals surface area contributed by atoms with E-state index in [9.17, 15) is 5.11 Å². The molecule has 0 saturated carbocycles. The van der Waals surface area contributed by atoms with Crippen molar-refractivity contribution in [1.82, 2.24) is 9.88 Å². The Morgan fingerprint density at radius 3 is 1.85 bits per heavy atom. The number of pyridine rings is 1. The third kappa shape index (κ3) is 6.14. The van der Waals surface area contributed by atoms with Crippen LogP contribution >= 0.6 is 0 Å². The van der Waals surface area contributed by atoms with E-state index >= 15 is 0 Å². The molecule has 5 atom stereocenters. The Balaban J connectivity index is 0.000000143. The highest BCUT2D eigenvalue weighted by atomic mass is 16.5. The predicted molar refractivity (Wildman–Crippen MR) is 218 cm³/mol. The van der Waals surface area contributed by atoms with Crippen molar-refractivity contribution in [2.75, 3.05) is 20.2 Å². The van der Waals surface area contributed by atoms with Crippen molar-refractivity contribution in [2.45, 2.75) is 38.3 Å². The quantitative estimate of drug-likeness (QED) is 0.175. The van der Waals surface area contributed by atoms with E-state index in [0.29, 0.717) is 0 Å². The molecule has 53 heavy (non-hydrogen) atoms. The number of rotatable bonds is 6. The summed E-state index contributed by atoms with van der Waals surface area (Å²) < 4.78 is 12.0. The van der Waals surface area contributed by atoms with Gasteiger partial charge in [0.15, 0.2) is 0 Å². The zero-order valence-electron chi connectivity index (χ0n) is 30.3. The van der Waals surface area contributed by atoms with Gasteiger partial charge in [-0.1, -0.05) is 110 Å². The molecule has 3 saturated heterocycles. The molecule has 1 N–H and O–H groups in total. The van der Waals surface area contributed by atoms with Crippen LogP contribution in [0.15, 0.2) is 140 Å². The Morgan fingerprint density at radius 2 is 1.28 bits per heavy atom. The molecule has 7 aromatic carbocycles. The maximum atomic E-state index is 11.2. The van der Waals surface area contributed by atoms with Gasteiger partial charge in [-0.3, -0.25) is 9.88 Å². The van der Waals surface area contributed by atoms with E-state index in [-0.39, 0.29) is 6.04 Å². The summed E-state index contributed by atoms with van der Waals surface area (Å²) in [5.74, 6) is 4.15. The van der Waals surface area contributed by atoms with Crippen molar-refractivity contribution >= 4 is 54.0 Å². The fraction of sp³-hybridized carbons (Fsp3) is 0.229. The van der Waals surface area contributed by atoms with Crippen molar-refractivity contribution < 1.29 is 14.6 Å². The Morgan fingerprint density at radius 1 is 0.698 bits per heavy atom. The number of fused-ring (bicyclic) bond motifs is 10. The molecule has 0 radical (unpaired) electrons. The van der Waals surface area contributed by atoms with Gasteiger partial charge in [0, 0.05) is 34.9 Å². The zero-order valence-corrected chi connectivity index (χ0v) is 30.3. The third-order valence-electron chi connectivity index (χ3n) is 11.8. The van der Waals surface area contributed by atoms with E-state index in [1.807, 2.05) is 24.3 Å². The van der Waals surface area contributed by atoms with Gasteiger partial charge in [0.05, 0.1) is 18.7 Å². The smallest absolute Gasteiger partial charge is 0.135 e.